The molecule has 0 amide bonds. The maximum absolute atomic E-state index is 13.4. The van der Waals surface area contributed by atoms with Gasteiger partial charge in [0.1, 0.15) is 0 Å². The summed E-state index contributed by atoms with van der Waals surface area (Å²) in [6.07, 6.45) is 2.99. The number of aryl methyl sites for hydroxylation is 1. The van der Waals surface area contributed by atoms with Gasteiger partial charge in [-0.2, -0.15) is 0 Å². The van der Waals surface area contributed by atoms with E-state index >= 15 is 0 Å². The summed E-state index contributed by atoms with van der Waals surface area (Å²) in [6, 6.07) is 13.8. The lowest BCUT2D eigenvalue weighted by molar-refractivity contribution is 0.102. The number of fused-ring (bicyclic) bond motifs is 1. The first-order valence-corrected chi connectivity index (χ1v) is 12.2. The van der Waals surface area contributed by atoms with Crippen LogP contribution in [0, 0.1) is 12.8 Å². The van der Waals surface area contributed by atoms with E-state index < -0.39 is 16.1 Å². The highest BCUT2D eigenvalue weighted by Gasteiger charge is 2.32. The van der Waals surface area contributed by atoms with Crippen LogP contribution in [0.2, 0.25) is 0 Å². The van der Waals surface area contributed by atoms with E-state index in [-0.39, 0.29) is 16.6 Å². The van der Waals surface area contributed by atoms with Crippen molar-refractivity contribution in [2.24, 2.45) is 5.92 Å². The molecule has 30 heavy (non-hydrogen) atoms. The van der Waals surface area contributed by atoms with Crippen LogP contribution in [0.15, 0.2) is 64.6 Å². The van der Waals surface area contributed by atoms with Crippen LogP contribution in [0.3, 0.4) is 0 Å². The van der Waals surface area contributed by atoms with E-state index in [0.29, 0.717) is 18.4 Å². The molecule has 2 atom stereocenters. The van der Waals surface area contributed by atoms with E-state index in [2.05, 4.69) is 18.6 Å². The third-order valence-corrected chi connectivity index (χ3v) is 7.60. The van der Waals surface area contributed by atoms with Gasteiger partial charge in [-0.25, -0.2) is 13.1 Å². The Kier molecular flexibility index (Phi) is 6.94. The molecule has 0 unspecified atom stereocenters. The molecule has 160 valence electrons. The normalized spacial score (nSPS) is 19.9. The fourth-order valence-electron chi connectivity index (χ4n) is 4.50. The average Bonchev–Trinajstić information content (AvgIpc) is 2.74. The third-order valence-electron chi connectivity index (χ3n) is 6.11. The van der Waals surface area contributed by atoms with Gasteiger partial charge in [-0.1, -0.05) is 68.3 Å². The Morgan fingerprint density at radius 2 is 1.63 bits per heavy atom. The highest BCUT2D eigenvalue weighted by Crippen LogP contribution is 2.38. The van der Waals surface area contributed by atoms with Gasteiger partial charge in [-0.15, -0.1) is 0 Å². The quantitative estimate of drug-likeness (QED) is 0.641. The fourth-order valence-corrected chi connectivity index (χ4v) is 5.73. The van der Waals surface area contributed by atoms with Crippen LogP contribution in [0.25, 0.3) is 0 Å². The molecule has 0 saturated heterocycles. The fraction of sp³-hybridized carbons (Fsp3) is 0.400. The summed E-state index contributed by atoms with van der Waals surface area (Å²) in [5, 5.41) is 0. The molecule has 0 fully saturated rings. The first kappa shape index (κ1) is 22.4. The number of carbonyl (C=O) groups excluding carboxylic acids is 1. The van der Waals surface area contributed by atoms with Crippen LogP contribution in [-0.2, 0) is 10.0 Å². The number of rotatable bonds is 6. The smallest absolute Gasteiger partial charge is 0.241 e. The molecular formula is C25H31NO3S. The highest BCUT2D eigenvalue weighted by molar-refractivity contribution is 7.89. The molecule has 0 bridgehead atoms. The van der Waals surface area contributed by atoms with Crippen molar-refractivity contribution in [1.29, 1.82) is 0 Å². The summed E-state index contributed by atoms with van der Waals surface area (Å²) in [6.45, 7) is 8.14. The number of hydrogen-bond donors (Lipinski definition) is 1. The molecule has 0 spiro atoms. The SMILES string of the molecule is CCC1=C(CC)[C@@H](CC)C[C@@H](NS(=O)(=O)c2ccc(C)cc2)c2ccccc2C1=O. The zero-order valence-corrected chi connectivity index (χ0v) is 19.1. The Hall–Kier alpha value is -2.24. The molecule has 1 aliphatic rings. The number of Topliss-reactive ketones (excluding diaryl/α,β-unsaturated/α-hetero) is 1. The summed E-state index contributed by atoms with van der Waals surface area (Å²) in [7, 11) is -3.72. The van der Waals surface area contributed by atoms with Crippen LogP contribution in [0.4, 0.5) is 0 Å². The number of ketones is 1. The number of hydrogen-bond acceptors (Lipinski definition) is 3. The predicted molar refractivity (Wildman–Crippen MR) is 121 cm³/mol. The van der Waals surface area contributed by atoms with Gasteiger partial charge in [0.05, 0.1) is 4.90 Å². The molecule has 0 heterocycles. The van der Waals surface area contributed by atoms with Gasteiger partial charge in [0, 0.05) is 11.6 Å². The number of sulfonamides is 1. The standard InChI is InChI=1S/C25H31NO3S/c1-5-18-16-24(26-30(28,29)19-14-12-17(4)13-15-19)22-10-8-9-11-23(22)25(27)21(7-3)20(18)6-2/h8-15,18,24,26H,5-7,16H2,1-4H3/t18-,24+/m0/s1. The van der Waals surface area contributed by atoms with Crippen molar-refractivity contribution >= 4 is 15.8 Å². The van der Waals surface area contributed by atoms with Gasteiger partial charge in [0.15, 0.2) is 5.78 Å². The molecule has 2 aromatic carbocycles. The van der Waals surface area contributed by atoms with E-state index in [0.717, 1.165) is 29.5 Å². The van der Waals surface area contributed by atoms with E-state index in [1.54, 1.807) is 24.3 Å². The summed E-state index contributed by atoms with van der Waals surface area (Å²) in [5.41, 5.74) is 4.42. The van der Waals surface area contributed by atoms with Crippen molar-refractivity contribution in [3.63, 3.8) is 0 Å². The predicted octanol–water partition coefficient (Wildman–Crippen LogP) is 5.74. The van der Waals surface area contributed by atoms with Crippen molar-refractivity contribution < 1.29 is 13.2 Å². The summed E-state index contributed by atoms with van der Waals surface area (Å²) < 4.78 is 29.2. The second kappa shape index (κ2) is 9.27. The zero-order valence-electron chi connectivity index (χ0n) is 18.2. The Balaban J connectivity index is 2.11. The number of allylic oxidation sites excluding steroid dienone is 2. The molecule has 3 rings (SSSR count). The Labute approximate surface area is 180 Å². The molecule has 0 aliphatic heterocycles. The Bertz CT molecular complexity index is 1050. The molecule has 0 aromatic heterocycles. The van der Waals surface area contributed by atoms with E-state index in [1.807, 2.05) is 38.1 Å². The summed E-state index contributed by atoms with van der Waals surface area (Å²) in [5.74, 6) is 0.190. The van der Waals surface area contributed by atoms with Crippen molar-refractivity contribution in [2.75, 3.05) is 0 Å². The second-order valence-electron chi connectivity index (χ2n) is 7.96. The van der Waals surface area contributed by atoms with Crippen molar-refractivity contribution in [3.05, 3.63) is 76.4 Å². The Morgan fingerprint density at radius 1 is 0.967 bits per heavy atom. The second-order valence-corrected chi connectivity index (χ2v) is 9.67. The van der Waals surface area contributed by atoms with Crippen LogP contribution in [0.1, 0.15) is 74.0 Å². The van der Waals surface area contributed by atoms with E-state index in [1.165, 1.54) is 5.57 Å². The molecule has 0 saturated carbocycles. The molecule has 0 radical (unpaired) electrons. The van der Waals surface area contributed by atoms with Crippen molar-refractivity contribution in [2.45, 2.75) is 64.3 Å². The summed E-state index contributed by atoms with van der Waals surface area (Å²) >= 11 is 0. The molecule has 1 aliphatic carbocycles. The van der Waals surface area contributed by atoms with Gasteiger partial charge in [-0.05, 0) is 61.8 Å². The number of benzene rings is 2. The minimum atomic E-state index is -3.72. The molecule has 5 heteroatoms. The molecule has 4 nitrogen and oxygen atoms in total. The lowest BCUT2D eigenvalue weighted by Crippen LogP contribution is -2.33. The molecular weight excluding hydrogens is 394 g/mol. The van der Waals surface area contributed by atoms with Crippen LogP contribution in [0.5, 0.6) is 0 Å². The lowest BCUT2D eigenvalue weighted by atomic mass is 9.77. The first-order chi connectivity index (χ1) is 14.3. The molecule has 1 N–H and O–H groups in total. The minimum Gasteiger partial charge on any atom is -0.289 e. The third kappa shape index (κ3) is 4.42. The maximum Gasteiger partial charge on any atom is 0.241 e. The highest BCUT2D eigenvalue weighted by atomic mass is 32.2. The monoisotopic (exact) mass is 425 g/mol. The van der Waals surface area contributed by atoms with Crippen LogP contribution >= 0.6 is 0 Å². The topological polar surface area (TPSA) is 63.2 Å². The molecule has 2 aromatic rings. The minimum absolute atomic E-state index is 0.0302. The zero-order chi connectivity index (χ0) is 21.9. The van der Waals surface area contributed by atoms with E-state index in [9.17, 15) is 13.2 Å². The average molecular weight is 426 g/mol. The van der Waals surface area contributed by atoms with Crippen LogP contribution < -0.4 is 4.72 Å². The van der Waals surface area contributed by atoms with Crippen LogP contribution in [-0.4, -0.2) is 14.2 Å². The van der Waals surface area contributed by atoms with Gasteiger partial charge < -0.3 is 0 Å². The van der Waals surface area contributed by atoms with Crippen molar-refractivity contribution in [3.8, 4) is 0 Å². The van der Waals surface area contributed by atoms with Gasteiger partial charge in [0.2, 0.25) is 10.0 Å². The van der Waals surface area contributed by atoms with Gasteiger partial charge in [0.25, 0.3) is 0 Å². The summed E-state index contributed by atoms with van der Waals surface area (Å²) in [4.78, 5) is 13.7. The number of carbonyl (C=O) groups is 1. The van der Waals surface area contributed by atoms with E-state index in [4.69, 9.17) is 0 Å². The van der Waals surface area contributed by atoms with Crippen molar-refractivity contribution in [1.82, 2.24) is 4.72 Å². The largest absolute Gasteiger partial charge is 0.289 e. The lowest BCUT2D eigenvalue weighted by Gasteiger charge is -2.31. The maximum atomic E-state index is 13.4. The van der Waals surface area contributed by atoms with Gasteiger partial charge >= 0.3 is 0 Å². The number of nitrogens with one attached hydrogen (secondary N) is 1. The Morgan fingerprint density at radius 3 is 2.23 bits per heavy atom. The first-order valence-electron chi connectivity index (χ1n) is 10.8. The van der Waals surface area contributed by atoms with Gasteiger partial charge in [-0.3, -0.25) is 4.79 Å².